The van der Waals surface area contributed by atoms with Crippen LogP contribution in [-0.4, -0.2) is 15.8 Å². The number of fused-ring (bicyclic) bond motifs is 12. The minimum absolute atomic E-state index is 0.0796. The molecule has 51 heavy (non-hydrogen) atoms. The number of rotatable bonds is 2. The molecule has 4 nitrogen and oxygen atoms in total. The lowest BCUT2D eigenvalue weighted by Crippen LogP contribution is -2.57. The summed E-state index contributed by atoms with van der Waals surface area (Å²) >= 11 is 0. The van der Waals surface area contributed by atoms with Crippen molar-refractivity contribution in [2.75, 3.05) is 0 Å². The third kappa shape index (κ3) is 3.64. The summed E-state index contributed by atoms with van der Waals surface area (Å²) < 4.78 is 18.7. The van der Waals surface area contributed by atoms with E-state index >= 15 is 0 Å². The van der Waals surface area contributed by atoms with Crippen molar-refractivity contribution in [1.82, 2.24) is 9.13 Å². The fraction of sp³-hybridized carbons (Fsp3) is 0. The van der Waals surface area contributed by atoms with Gasteiger partial charge in [-0.15, -0.1) is 0 Å². The number of ether oxygens (including phenoxy) is 2. The predicted octanol–water partition coefficient (Wildman–Crippen LogP) is 9.76. The summed E-state index contributed by atoms with van der Waals surface area (Å²) in [5.74, 6) is 3.40. The zero-order chi connectivity index (χ0) is 33.2. The zero-order valence-electron chi connectivity index (χ0n) is 27.4. The molecule has 4 heterocycles. The van der Waals surface area contributed by atoms with Gasteiger partial charge in [0.25, 0.3) is 6.71 Å². The Morgan fingerprint density at radius 3 is 1.59 bits per heavy atom. The highest BCUT2D eigenvalue weighted by atomic mass is 16.5. The van der Waals surface area contributed by atoms with Gasteiger partial charge in [-0.3, -0.25) is 0 Å². The van der Waals surface area contributed by atoms with Gasteiger partial charge in [0.1, 0.15) is 23.0 Å². The third-order valence-corrected chi connectivity index (χ3v) is 11.0. The number of hydrogen-bond donors (Lipinski definition) is 0. The van der Waals surface area contributed by atoms with Crippen LogP contribution in [0.5, 0.6) is 23.0 Å². The lowest BCUT2D eigenvalue weighted by molar-refractivity contribution is 0.465. The van der Waals surface area contributed by atoms with Gasteiger partial charge in [0, 0.05) is 50.9 Å². The molecule has 10 aromatic rings. The van der Waals surface area contributed by atoms with Crippen molar-refractivity contribution < 1.29 is 9.47 Å². The molecule has 0 bridgehead atoms. The molecule has 0 amide bonds. The number of nitrogens with zero attached hydrogens (tertiary/aromatic N) is 2. The highest BCUT2D eigenvalue weighted by molar-refractivity contribution is 6.99. The highest BCUT2D eigenvalue weighted by Gasteiger charge is 2.42. The molecule has 8 aromatic carbocycles. The quantitative estimate of drug-likeness (QED) is 0.174. The molecule has 5 heteroatoms. The van der Waals surface area contributed by atoms with Crippen LogP contribution >= 0.6 is 0 Å². The van der Waals surface area contributed by atoms with Crippen molar-refractivity contribution in [2.24, 2.45) is 0 Å². The standard InChI is InChI=1S/C46H27BN2O2/c1-2-13-29(14-3-1)48-39-21-11-8-18-34(39)35-26-36-42(27-40(35)48)51-44-25-30(49-37-19-9-6-16-32(37)33-17-7-10-20-38(33)49)24-43-46(44)47(36)45-31-15-5-4-12-28(31)22-23-41(45)50-43/h1-27H. The van der Waals surface area contributed by atoms with Gasteiger partial charge in [-0.1, -0.05) is 109 Å². The van der Waals surface area contributed by atoms with E-state index in [9.17, 15) is 0 Å². The van der Waals surface area contributed by atoms with Crippen LogP contribution in [0.3, 0.4) is 0 Å². The molecule has 0 radical (unpaired) electrons. The fourth-order valence-electron chi connectivity index (χ4n) is 8.91. The maximum Gasteiger partial charge on any atom is 0.261 e. The van der Waals surface area contributed by atoms with Gasteiger partial charge in [0.05, 0.1) is 27.8 Å². The molecule has 12 rings (SSSR count). The van der Waals surface area contributed by atoms with Crippen molar-refractivity contribution in [3.63, 3.8) is 0 Å². The summed E-state index contributed by atoms with van der Waals surface area (Å²) in [6, 6.07) is 58.6. The molecular formula is C46H27BN2O2. The first-order chi connectivity index (χ1) is 25.3. The second-order valence-corrected chi connectivity index (χ2v) is 13.7. The van der Waals surface area contributed by atoms with Gasteiger partial charge in [-0.2, -0.15) is 0 Å². The molecule has 2 aliphatic rings. The van der Waals surface area contributed by atoms with Crippen LogP contribution in [0.2, 0.25) is 0 Å². The van der Waals surface area contributed by atoms with Gasteiger partial charge in [0.15, 0.2) is 0 Å². The van der Waals surface area contributed by atoms with E-state index in [0.29, 0.717) is 0 Å². The summed E-state index contributed by atoms with van der Waals surface area (Å²) in [4.78, 5) is 0. The average Bonchev–Trinajstić information content (AvgIpc) is 3.69. The molecule has 2 aliphatic heterocycles. The normalized spacial score (nSPS) is 13.0. The van der Waals surface area contributed by atoms with E-state index < -0.39 is 0 Å². The Hall–Kier alpha value is -6.72. The van der Waals surface area contributed by atoms with Gasteiger partial charge >= 0.3 is 0 Å². The minimum Gasteiger partial charge on any atom is -0.458 e. The number of para-hydroxylation sites is 4. The number of aromatic nitrogens is 2. The van der Waals surface area contributed by atoms with E-state index in [-0.39, 0.29) is 6.71 Å². The molecular weight excluding hydrogens is 623 g/mol. The summed E-state index contributed by atoms with van der Waals surface area (Å²) in [5.41, 5.74) is 10.1. The number of benzene rings is 8. The van der Waals surface area contributed by atoms with E-state index in [0.717, 1.165) is 61.8 Å². The maximum atomic E-state index is 7.10. The van der Waals surface area contributed by atoms with Crippen LogP contribution in [0.25, 0.3) is 65.8 Å². The second kappa shape index (κ2) is 9.93. The van der Waals surface area contributed by atoms with Gasteiger partial charge < -0.3 is 18.6 Å². The second-order valence-electron chi connectivity index (χ2n) is 13.7. The molecule has 0 aliphatic carbocycles. The highest BCUT2D eigenvalue weighted by Crippen LogP contribution is 2.42. The Kier molecular flexibility index (Phi) is 5.29. The fourth-order valence-corrected chi connectivity index (χ4v) is 8.91. The topological polar surface area (TPSA) is 28.3 Å². The Labute approximate surface area is 293 Å². The van der Waals surface area contributed by atoms with E-state index in [2.05, 4.69) is 173 Å². The first-order valence-corrected chi connectivity index (χ1v) is 17.5. The molecule has 0 N–H and O–H groups in total. The molecule has 0 spiro atoms. The van der Waals surface area contributed by atoms with E-state index in [1.807, 2.05) is 0 Å². The molecule has 2 aromatic heterocycles. The SMILES string of the molecule is c1ccc(-n2c3ccccc3c3cc4c(cc32)Oc2cc(-n3c5ccccc5c5ccccc53)cc3c2B4c2c(ccc4ccccc24)O3)cc1. The first-order valence-electron chi connectivity index (χ1n) is 17.5. The van der Waals surface area contributed by atoms with Crippen LogP contribution in [0.1, 0.15) is 0 Å². The molecule has 0 atom stereocenters. The van der Waals surface area contributed by atoms with Crippen LogP contribution in [0, 0.1) is 0 Å². The molecule has 0 unspecified atom stereocenters. The predicted molar refractivity (Wildman–Crippen MR) is 210 cm³/mol. The summed E-state index contributed by atoms with van der Waals surface area (Å²) in [6.07, 6.45) is 0. The van der Waals surface area contributed by atoms with Crippen LogP contribution in [-0.2, 0) is 0 Å². The zero-order valence-corrected chi connectivity index (χ0v) is 27.4. The maximum absolute atomic E-state index is 7.10. The van der Waals surface area contributed by atoms with Crippen LogP contribution in [0.15, 0.2) is 164 Å². The first kappa shape index (κ1) is 27.1. The van der Waals surface area contributed by atoms with E-state index in [1.165, 1.54) is 43.3 Å². The minimum atomic E-state index is -0.0796. The van der Waals surface area contributed by atoms with Gasteiger partial charge in [-0.25, -0.2) is 0 Å². The summed E-state index contributed by atoms with van der Waals surface area (Å²) in [7, 11) is 0. The monoisotopic (exact) mass is 650 g/mol. The van der Waals surface area contributed by atoms with Crippen LogP contribution in [0.4, 0.5) is 0 Å². The lowest BCUT2D eigenvalue weighted by Gasteiger charge is -2.34. The van der Waals surface area contributed by atoms with Gasteiger partial charge in [-0.05, 0) is 58.1 Å². The van der Waals surface area contributed by atoms with E-state index in [1.54, 1.807) is 0 Å². The molecule has 0 saturated carbocycles. The molecule has 236 valence electrons. The summed E-state index contributed by atoms with van der Waals surface area (Å²) in [6.45, 7) is -0.0796. The molecule has 0 saturated heterocycles. The van der Waals surface area contributed by atoms with Crippen molar-refractivity contribution in [1.29, 1.82) is 0 Å². The van der Waals surface area contributed by atoms with Crippen molar-refractivity contribution in [2.45, 2.75) is 0 Å². The van der Waals surface area contributed by atoms with Crippen molar-refractivity contribution in [3.8, 4) is 34.4 Å². The molecule has 0 fully saturated rings. The van der Waals surface area contributed by atoms with E-state index in [4.69, 9.17) is 9.47 Å². The van der Waals surface area contributed by atoms with Crippen molar-refractivity contribution in [3.05, 3.63) is 164 Å². The third-order valence-electron chi connectivity index (χ3n) is 11.0. The Morgan fingerprint density at radius 1 is 0.353 bits per heavy atom. The number of hydrogen-bond acceptors (Lipinski definition) is 2. The van der Waals surface area contributed by atoms with Gasteiger partial charge in [0.2, 0.25) is 0 Å². The smallest absolute Gasteiger partial charge is 0.261 e. The van der Waals surface area contributed by atoms with Crippen LogP contribution < -0.4 is 25.9 Å². The largest absolute Gasteiger partial charge is 0.458 e. The Balaban J connectivity index is 1.18. The lowest BCUT2D eigenvalue weighted by atomic mass is 9.34. The van der Waals surface area contributed by atoms with Crippen molar-refractivity contribution >= 4 is 77.5 Å². The Bertz CT molecular complexity index is 3050. The average molecular weight is 651 g/mol. The summed E-state index contributed by atoms with van der Waals surface area (Å²) in [5, 5.41) is 7.26. The Morgan fingerprint density at radius 2 is 0.902 bits per heavy atom.